The highest BCUT2D eigenvalue weighted by atomic mass is 79.9. The number of halogens is 2. The van der Waals surface area contributed by atoms with Gasteiger partial charge in [0.25, 0.3) is 0 Å². The Kier molecular flexibility index (Phi) is 3.37. The second-order valence-electron chi connectivity index (χ2n) is 5.05. The maximum atomic E-state index is 5.90. The van der Waals surface area contributed by atoms with E-state index in [2.05, 4.69) is 39.6 Å². The number of hydrogen-bond donors (Lipinski definition) is 0. The van der Waals surface area contributed by atoms with Crippen molar-refractivity contribution in [3.05, 3.63) is 28.5 Å². The van der Waals surface area contributed by atoms with Gasteiger partial charge in [-0.05, 0) is 43.9 Å². The summed E-state index contributed by atoms with van der Waals surface area (Å²) in [4.78, 5) is 4.73. The minimum atomic E-state index is 0.530. The fourth-order valence-electron chi connectivity index (χ4n) is 2.62. The summed E-state index contributed by atoms with van der Waals surface area (Å²) < 4.78 is 3.50. The third kappa shape index (κ3) is 2.19. The molecule has 3 rings (SSSR count). The molecule has 1 aliphatic carbocycles. The van der Waals surface area contributed by atoms with Crippen LogP contribution in [0.25, 0.3) is 11.0 Å². The van der Waals surface area contributed by atoms with E-state index in [-0.39, 0.29) is 0 Å². The molecule has 1 saturated carbocycles. The molecular formula is C14H16BrClN2. The molecule has 1 heterocycles. The lowest BCUT2D eigenvalue weighted by Crippen LogP contribution is -2.11. The Morgan fingerprint density at radius 1 is 1.50 bits per heavy atom. The molecule has 1 unspecified atom stereocenters. The maximum Gasteiger partial charge on any atom is 0.111 e. The number of hydrogen-bond acceptors (Lipinski definition) is 1. The first-order valence-electron chi connectivity index (χ1n) is 6.43. The number of fused-ring (bicyclic) bond motifs is 1. The number of alkyl halides is 1. The zero-order valence-corrected chi connectivity index (χ0v) is 12.7. The smallest absolute Gasteiger partial charge is 0.111 e. The highest BCUT2D eigenvalue weighted by Crippen LogP contribution is 2.41. The molecule has 4 heteroatoms. The van der Waals surface area contributed by atoms with Crippen LogP contribution in [0.4, 0.5) is 0 Å². The second-order valence-corrected chi connectivity index (χ2v) is 6.34. The average molecular weight is 328 g/mol. The first-order valence-corrected chi connectivity index (χ1v) is 7.76. The monoisotopic (exact) mass is 326 g/mol. The lowest BCUT2D eigenvalue weighted by molar-refractivity contribution is 0.482. The van der Waals surface area contributed by atoms with Gasteiger partial charge in [0.05, 0.1) is 11.0 Å². The molecule has 1 aliphatic rings. The van der Waals surface area contributed by atoms with Gasteiger partial charge in [0.2, 0.25) is 0 Å². The third-order valence-electron chi connectivity index (χ3n) is 3.75. The number of benzene rings is 1. The summed E-state index contributed by atoms with van der Waals surface area (Å²) in [6, 6.07) is 6.82. The molecule has 0 radical (unpaired) electrons. The molecule has 0 N–H and O–H groups in total. The molecule has 0 spiro atoms. The van der Waals surface area contributed by atoms with E-state index in [1.165, 1.54) is 18.4 Å². The lowest BCUT2D eigenvalue weighted by atomic mass is 10.2. The van der Waals surface area contributed by atoms with E-state index in [0.717, 1.165) is 28.2 Å². The summed E-state index contributed by atoms with van der Waals surface area (Å²) in [5.41, 5.74) is 2.30. The fourth-order valence-corrected chi connectivity index (χ4v) is 3.14. The van der Waals surface area contributed by atoms with Crippen LogP contribution in [-0.4, -0.2) is 15.4 Å². The van der Waals surface area contributed by atoms with Gasteiger partial charge in [0.15, 0.2) is 0 Å². The first-order chi connectivity index (χ1) is 8.70. The minimum Gasteiger partial charge on any atom is -0.325 e. The van der Waals surface area contributed by atoms with Crippen LogP contribution < -0.4 is 0 Å². The molecule has 1 atom stereocenters. The molecule has 2 aromatic rings. The predicted molar refractivity (Wildman–Crippen MR) is 79.3 cm³/mol. The van der Waals surface area contributed by atoms with Crippen molar-refractivity contribution in [1.29, 1.82) is 0 Å². The summed E-state index contributed by atoms with van der Waals surface area (Å²) in [5, 5.41) is 0. The molecule has 0 aliphatic heterocycles. The normalized spacial score (nSPS) is 17.3. The van der Waals surface area contributed by atoms with Crippen LogP contribution in [0.15, 0.2) is 22.7 Å². The molecule has 1 aromatic carbocycles. The SMILES string of the molecule is CC(C1CC1)n1c(CCCl)nc2ccc(Br)cc21. The van der Waals surface area contributed by atoms with Gasteiger partial charge in [-0.2, -0.15) is 0 Å². The molecular weight excluding hydrogens is 312 g/mol. The molecule has 2 nitrogen and oxygen atoms in total. The second kappa shape index (κ2) is 4.86. The van der Waals surface area contributed by atoms with E-state index < -0.39 is 0 Å². The summed E-state index contributed by atoms with van der Waals surface area (Å²) in [5.74, 6) is 2.56. The van der Waals surface area contributed by atoms with Crippen molar-refractivity contribution < 1.29 is 0 Å². The van der Waals surface area contributed by atoms with Crippen LogP contribution in [0, 0.1) is 5.92 Å². The predicted octanol–water partition coefficient (Wildman–Crippen LogP) is 4.55. The highest BCUT2D eigenvalue weighted by Gasteiger charge is 2.31. The van der Waals surface area contributed by atoms with Crippen LogP contribution in [-0.2, 0) is 6.42 Å². The first kappa shape index (κ1) is 12.5. The van der Waals surface area contributed by atoms with Crippen LogP contribution in [0.5, 0.6) is 0 Å². The van der Waals surface area contributed by atoms with E-state index in [1.54, 1.807) is 0 Å². The summed E-state index contributed by atoms with van der Waals surface area (Å²) >= 11 is 9.45. The van der Waals surface area contributed by atoms with Gasteiger partial charge in [-0.1, -0.05) is 15.9 Å². The summed E-state index contributed by atoms with van der Waals surface area (Å²) in [7, 11) is 0. The van der Waals surface area contributed by atoms with Gasteiger partial charge in [-0.25, -0.2) is 4.98 Å². The Labute approximate surface area is 120 Å². The number of rotatable bonds is 4. The van der Waals surface area contributed by atoms with Crippen molar-refractivity contribution in [3.8, 4) is 0 Å². The van der Waals surface area contributed by atoms with Gasteiger partial charge in [0.1, 0.15) is 5.82 Å². The minimum absolute atomic E-state index is 0.530. The Morgan fingerprint density at radius 2 is 2.28 bits per heavy atom. The van der Waals surface area contributed by atoms with Crippen molar-refractivity contribution in [3.63, 3.8) is 0 Å². The number of imidazole rings is 1. The third-order valence-corrected chi connectivity index (χ3v) is 4.44. The number of aromatic nitrogens is 2. The molecule has 1 fully saturated rings. The Bertz CT molecular complexity index is 574. The Hall–Kier alpha value is -0.540. The van der Waals surface area contributed by atoms with Gasteiger partial charge in [-0.15, -0.1) is 11.6 Å². The topological polar surface area (TPSA) is 17.8 Å². The van der Waals surface area contributed by atoms with Crippen molar-refractivity contribution >= 4 is 38.6 Å². The lowest BCUT2D eigenvalue weighted by Gasteiger charge is -2.16. The van der Waals surface area contributed by atoms with Gasteiger partial charge < -0.3 is 4.57 Å². The van der Waals surface area contributed by atoms with Crippen molar-refractivity contribution in [1.82, 2.24) is 9.55 Å². The zero-order chi connectivity index (χ0) is 12.7. The van der Waals surface area contributed by atoms with E-state index in [4.69, 9.17) is 16.6 Å². The molecule has 0 bridgehead atoms. The quantitative estimate of drug-likeness (QED) is 0.753. The zero-order valence-electron chi connectivity index (χ0n) is 10.4. The Balaban J connectivity index is 2.15. The van der Waals surface area contributed by atoms with Crippen LogP contribution >= 0.6 is 27.5 Å². The van der Waals surface area contributed by atoms with Crippen LogP contribution in [0.2, 0.25) is 0 Å². The summed E-state index contributed by atoms with van der Waals surface area (Å²) in [6.07, 6.45) is 3.52. The van der Waals surface area contributed by atoms with E-state index in [0.29, 0.717) is 11.9 Å². The standard InChI is InChI=1S/C14H16BrClN2/c1-9(10-2-3-10)18-13-8-11(15)4-5-12(13)17-14(18)6-7-16/h4-5,8-10H,2-3,6-7H2,1H3. The van der Waals surface area contributed by atoms with Crippen molar-refractivity contribution in [2.24, 2.45) is 5.92 Å². The van der Waals surface area contributed by atoms with Gasteiger partial charge in [0, 0.05) is 22.8 Å². The van der Waals surface area contributed by atoms with E-state index >= 15 is 0 Å². The van der Waals surface area contributed by atoms with Crippen LogP contribution in [0.1, 0.15) is 31.6 Å². The molecule has 0 amide bonds. The maximum absolute atomic E-state index is 5.90. The van der Waals surface area contributed by atoms with E-state index in [9.17, 15) is 0 Å². The average Bonchev–Trinajstić information content (AvgIpc) is 3.12. The highest BCUT2D eigenvalue weighted by molar-refractivity contribution is 9.10. The van der Waals surface area contributed by atoms with Gasteiger partial charge >= 0.3 is 0 Å². The van der Waals surface area contributed by atoms with Gasteiger partial charge in [-0.3, -0.25) is 0 Å². The molecule has 1 aromatic heterocycles. The van der Waals surface area contributed by atoms with Crippen molar-refractivity contribution in [2.45, 2.75) is 32.2 Å². The summed E-state index contributed by atoms with van der Waals surface area (Å²) in [6.45, 7) is 2.30. The fraction of sp³-hybridized carbons (Fsp3) is 0.500. The molecule has 18 heavy (non-hydrogen) atoms. The number of aryl methyl sites for hydroxylation is 1. The largest absolute Gasteiger partial charge is 0.325 e. The molecule has 0 saturated heterocycles. The number of nitrogens with zero attached hydrogens (tertiary/aromatic N) is 2. The molecule has 96 valence electrons. The van der Waals surface area contributed by atoms with E-state index in [1.807, 2.05) is 6.07 Å². The van der Waals surface area contributed by atoms with Crippen molar-refractivity contribution in [2.75, 3.05) is 5.88 Å². The van der Waals surface area contributed by atoms with Crippen LogP contribution in [0.3, 0.4) is 0 Å². The Morgan fingerprint density at radius 3 is 2.94 bits per heavy atom.